The van der Waals surface area contributed by atoms with Crippen molar-refractivity contribution in [2.45, 2.75) is 30.7 Å². The van der Waals surface area contributed by atoms with Crippen LogP contribution in [0.5, 0.6) is 0 Å². The van der Waals surface area contributed by atoms with Gasteiger partial charge in [0.2, 0.25) is 16.0 Å². The number of amides is 1. The molecule has 0 radical (unpaired) electrons. The minimum absolute atomic E-state index is 0.0902. The number of rotatable bonds is 11. The van der Waals surface area contributed by atoms with E-state index in [0.29, 0.717) is 56.3 Å². The van der Waals surface area contributed by atoms with Crippen molar-refractivity contribution in [3.63, 3.8) is 0 Å². The molecule has 0 unspecified atom stereocenters. The topological polar surface area (TPSA) is 129 Å². The van der Waals surface area contributed by atoms with Gasteiger partial charge < -0.3 is 19.7 Å². The highest BCUT2D eigenvalue weighted by atomic mass is 32.2. The van der Waals surface area contributed by atoms with E-state index in [1.54, 1.807) is 18.5 Å². The molecule has 2 aromatic carbocycles. The lowest BCUT2D eigenvalue weighted by Gasteiger charge is -2.31. The molecule has 0 saturated carbocycles. The van der Waals surface area contributed by atoms with Crippen LogP contribution in [-0.2, 0) is 16.6 Å². The Hall–Kier alpha value is -3.91. The Morgan fingerprint density at radius 3 is 2.48 bits per heavy atom. The maximum Gasteiger partial charge on any atom is 0.258 e. The second-order valence-corrected chi connectivity index (χ2v) is 13.4. The molecule has 1 amide bonds. The number of sulfonamides is 1. The van der Waals surface area contributed by atoms with E-state index in [9.17, 15) is 13.2 Å². The third kappa shape index (κ3) is 6.91. The van der Waals surface area contributed by atoms with Crippen LogP contribution in [0.3, 0.4) is 0 Å². The molecular formula is C31H39N9O3S. The third-order valence-electron chi connectivity index (χ3n) is 8.22. The van der Waals surface area contributed by atoms with Crippen molar-refractivity contribution in [1.82, 2.24) is 33.6 Å². The SMILES string of the molecule is CN1CCN(S(=O)(=O)c2cccc(C(=O)Nc3nc(NCCCN4CCCC4)c4ncn(Cc5ccccc5)c4n3)c2)CC1. The van der Waals surface area contributed by atoms with E-state index < -0.39 is 15.9 Å². The van der Waals surface area contributed by atoms with Gasteiger partial charge in [0, 0.05) is 38.3 Å². The lowest BCUT2D eigenvalue weighted by Crippen LogP contribution is -2.47. The number of hydrogen-bond donors (Lipinski definition) is 2. The summed E-state index contributed by atoms with van der Waals surface area (Å²) in [5.74, 6) is 0.172. The number of imidazole rings is 1. The number of nitrogens with one attached hydrogen (secondary N) is 2. The van der Waals surface area contributed by atoms with Gasteiger partial charge in [0.1, 0.15) is 0 Å². The molecule has 2 aromatic heterocycles. The number of benzene rings is 2. The fourth-order valence-electron chi connectivity index (χ4n) is 5.68. The first-order valence-electron chi connectivity index (χ1n) is 15.2. The fourth-order valence-corrected chi connectivity index (χ4v) is 7.15. The lowest BCUT2D eigenvalue weighted by atomic mass is 10.2. The predicted octanol–water partition coefficient (Wildman–Crippen LogP) is 2.96. The first kappa shape index (κ1) is 30.1. The maximum absolute atomic E-state index is 13.4. The summed E-state index contributed by atoms with van der Waals surface area (Å²) in [6.07, 6.45) is 5.20. The third-order valence-corrected chi connectivity index (χ3v) is 10.1. The zero-order chi connectivity index (χ0) is 30.5. The van der Waals surface area contributed by atoms with Gasteiger partial charge in [-0.3, -0.25) is 10.1 Å². The van der Waals surface area contributed by atoms with Crippen LogP contribution in [0.4, 0.5) is 11.8 Å². The van der Waals surface area contributed by atoms with Crippen molar-refractivity contribution in [2.75, 3.05) is 70.0 Å². The molecular weight excluding hydrogens is 578 g/mol. The zero-order valence-corrected chi connectivity index (χ0v) is 25.8. The van der Waals surface area contributed by atoms with Crippen LogP contribution < -0.4 is 10.6 Å². The summed E-state index contributed by atoms with van der Waals surface area (Å²) in [6, 6.07) is 16.1. The predicted molar refractivity (Wildman–Crippen MR) is 170 cm³/mol. The fraction of sp³-hybridized carbons (Fsp3) is 0.419. The summed E-state index contributed by atoms with van der Waals surface area (Å²) in [6.45, 7) is 6.71. The van der Waals surface area contributed by atoms with Crippen molar-refractivity contribution in [3.05, 3.63) is 72.1 Å². The van der Waals surface area contributed by atoms with Gasteiger partial charge in [-0.1, -0.05) is 36.4 Å². The van der Waals surface area contributed by atoms with Crippen LogP contribution in [0.25, 0.3) is 11.2 Å². The molecule has 2 N–H and O–H groups in total. The van der Waals surface area contributed by atoms with Crippen molar-refractivity contribution >= 4 is 38.9 Å². The van der Waals surface area contributed by atoms with Crippen LogP contribution in [0.2, 0.25) is 0 Å². The van der Waals surface area contributed by atoms with Gasteiger partial charge in [-0.05, 0) is 69.7 Å². The Kier molecular flexibility index (Phi) is 9.17. The van der Waals surface area contributed by atoms with Crippen molar-refractivity contribution in [2.24, 2.45) is 0 Å². The second kappa shape index (κ2) is 13.4. The molecule has 44 heavy (non-hydrogen) atoms. The summed E-state index contributed by atoms with van der Waals surface area (Å²) >= 11 is 0. The Morgan fingerprint density at radius 2 is 1.70 bits per heavy atom. The van der Waals surface area contributed by atoms with E-state index in [2.05, 4.69) is 35.4 Å². The molecule has 0 atom stereocenters. The number of likely N-dealkylation sites (tertiary alicyclic amines) is 1. The lowest BCUT2D eigenvalue weighted by molar-refractivity contribution is 0.102. The van der Waals surface area contributed by atoms with Crippen LogP contribution >= 0.6 is 0 Å². The van der Waals surface area contributed by atoms with Crippen LogP contribution in [0.1, 0.15) is 35.2 Å². The number of fused-ring (bicyclic) bond motifs is 1. The molecule has 2 aliphatic rings. The number of hydrogen-bond acceptors (Lipinski definition) is 9. The molecule has 2 saturated heterocycles. The molecule has 232 valence electrons. The average Bonchev–Trinajstić information content (AvgIpc) is 3.70. The first-order valence-corrected chi connectivity index (χ1v) is 16.6. The largest absolute Gasteiger partial charge is 0.368 e. The highest BCUT2D eigenvalue weighted by Crippen LogP contribution is 2.23. The van der Waals surface area contributed by atoms with Gasteiger partial charge >= 0.3 is 0 Å². The summed E-state index contributed by atoms with van der Waals surface area (Å²) in [5.41, 5.74) is 2.52. The molecule has 0 bridgehead atoms. The maximum atomic E-state index is 13.4. The molecule has 6 rings (SSSR count). The number of aromatic nitrogens is 4. The van der Waals surface area contributed by atoms with Gasteiger partial charge in [0.05, 0.1) is 17.8 Å². The summed E-state index contributed by atoms with van der Waals surface area (Å²) < 4.78 is 30.0. The summed E-state index contributed by atoms with van der Waals surface area (Å²) in [4.78, 5) is 32.0. The smallest absolute Gasteiger partial charge is 0.258 e. The van der Waals surface area contributed by atoms with Crippen LogP contribution in [-0.4, -0.2) is 107 Å². The van der Waals surface area contributed by atoms with Gasteiger partial charge in [0.25, 0.3) is 5.91 Å². The number of anilines is 2. The normalized spacial score (nSPS) is 16.8. The Bertz CT molecular complexity index is 1700. The van der Waals surface area contributed by atoms with Crippen molar-refractivity contribution < 1.29 is 13.2 Å². The zero-order valence-electron chi connectivity index (χ0n) is 25.0. The van der Waals surface area contributed by atoms with E-state index in [1.165, 1.54) is 29.3 Å². The number of likely N-dealkylation sites (N-methyl/N-ethyl adjacent to an activating group) is 1. The highest BCUT2D eigenvalue weighted by molar-refractivity contribution is 7.89. The Labute approximate surface area is 258 Å². The van der Waals surface area contributed by atoms with Crippen LogP contribution in [0, 0.1) is 0 Å². The quantitative estimate of drug-likeness (QED) is 0.244. The van der Waals surface area contributed by atoms with E-state index in [4.69, 9.17) is 0 Å². The monoisotopic (exact) mass is 617 g/mol. The summed E-state index contributed by atoms with van der Waals surface area (Å²) in [5, 5.41) is 6.22. The first-order chi connectivity index (χ1) is 21.4. The van der Waals surface area contributed by atoms with Crippen molar-refractivity contribution in [3.8, 4) is 0 Å². The number of carbonyl (C=O) groups excluding carboxylic acids is 1. The number of nitrogens with zero attached hydrogens (tertiary/aromatic N) is 7. The molecule has 0 aliphatic carbocycles. The van der Waals surface area contributed by atoms with Crippen LogP contribution in [0.15, 0.2) is 65.8 Å². The Morgan fingerprint density at radius 1 is 0.932 bits per heavy atom. The molecule has 4 heterocycles. The minimum atomic E-state index is -3.73. The van der Waals surface area contributed by atoms with E-state index in [1.807, 2.05) is 41.9 Å². The van der Waals surface area contributed by atoms with E-state index >= 15 is 0 Å². The highest BCUT2D eigenvalue weighted by Gasteiger charge is 2.28. The van der Waals surface area contributed by atoms with Gasteiger partial charge in [-0.15, -0.1) is 0 Å². The molecule has 13 heteroatoms. The van der Waals surface area contributed by atoms with Crippen molar-refractivity contribution in [1.29, 1.82) is 0 Å². The molecule has 2 fully saturated rings. The van der Waals surface area contributed by atoms with Gasteiger partial charge in [0.15, 0.2) is 17.0 Å². The number of piperazine rings is 1. The van der Waals surface area contributed by atoms with E-state index in [-0.39, 0.29) is 16.4 Å². The second-order valence-electron chi connectivity index (χ2n) is 11.4. The average molecular weight is 618 g/mol. The molecule has 12 nitrogen and oxygen atoms in total. The number of carbonyl (C=O) groups is 1. The van der Waals surface area contributed by atoms with Gasteiger partial charge in [-0.25, -0.2) is 13.4 Å². The molecule has 4 aromatic rings. The van der Waals surface area contributed by atoms with E-state index in [0.717, 1.165) is 31.6 Å². The standard InChI is InChI=1S/C31H39N9O3S/c1-37-17-19-40(20-18-37)44(42,43)26-12-7-11-25(21-26)30(41)36-31-34-28(32-13-8-16-38-14-5-6-15-38)27-29(35-31)39(23-33-27)22-24-9-3-2-4-10-24/h2-4,7,9-12,21,23H,5-6,8,13-20,22H2,1H3,(H2,32,34,35,36,41). The summed E-state index contributed by atoms with van der Waals surface area (Å²) in [7, 11) is -1.76. The van der Waals surface area contributed by atoms with Gasteiger partial charge in [-0.2, -0.15) is 14.3 Å². The Balaban J connectivity index is 1.23. The molecule has 2 aliphatic heterocycles. The minimum Gasteiger partial charge on any atom is -0.368 e. The molecule has 0 spiro atoms.